The molecule has 0 radical (unpaired) electrons. The molecule has 1 rings (SSSR count). The second kappa shape index (κ2) is 3.80. The van der Waals surface area contributed by atoms with Gasteiger partial charge in [-0.2, -0.15) is 0 Å². The van der Waals surface area contributed by atoms with Crippen LogP contribution in [-0.4, -0.2) is 36.2 Å². The van der Waals surface area contributed by atoms with Gasteiger partial charge >= 0.3 is 0 Å². The van der Waals surface area contributed by atoms with E-state index in [9.17, 15) is 9.59 Å². The summed E-state index contributed by atoms with van der Waals surface area (Å²) in [4.78, 5) is 27.0. The Morgan fingerprint density at radius 1 is 1.46 bits per heavy atom. The third-order valence-corrected chi connectivity index (χ3v) is 1.52. The van der Waals surface area contributed by atoms with Gasteiger partial charge in [-0.3, -0.25) is 9.59 Å². The number of aldehydes is 1. The predicted octanol–water partition coefficient (Wildman–Crippen LogP) is 0.596. The molecule has 0 bridgehead atoms. The zero-order valence-corrected chi connectivity index (χ0v) is 7.52. The van der Waals surface area contributed by atoms with Crippen LogP contribution in [0.15, 0.2) is 18.2 Å². The summed E-state index contributed by atoms with van der Waals surface area (Å²) in [5, 5.41) is 0. The molecule has 0 N–H and O–H groups in total. The summed E-state index contributed by atoms with van der Waals surface area (Å²) >= 11 is 0. The normalized spacial score (nSPS) is 9.38. The van der Waals surface area contributed by atoms with Crippen molar-refractivity contribution in [3.63, 3.8) is 0 Å². The lowest BCUT2D eigenvalue weighted by atomic mass is 10.3. The van der Waals surface area contributed by atoms with E-state index in [-0.39, 0.29) is 17.3 Å². The molecular weight excluding hydrogens is 168 g/mol. The van der Waals surface area contributed by atoms with Crippen LogP contribution in [-0.2, 0) is 0 Å². The van der Waals surface area contributed by atoms with Gasteiger partial charge in [0.15, 0.2) is 6.29 Å². The number of pyridine rings is 1. The van der Waals surface area contributed by atoms with Gasteiger partial charge in [0, 0.05) is 14.1 Å². The molecule has 4 nitrogen and oxygen atoms in total. The van der Waals surface area contributed by atoms with E-state index in [4.69, 9.17) is 0 Å². The van der Waals surface area contributed by atoms with E-state index in [2.05, 4.69) is 4.98 Å². The minimum Gasteiger partial charge on any atom is -0.343 e. The van der Waals surface area contributed by atoms with Gasteiger partial charge in [0.25, 0.3) is 5.91 Å². The predicted molar refractivity (Wildman–Crippen MR) is 47.6 cm³/mol. The Labute approximate surface area is 76.2 Å². The Morgan fingerprint density at radius 3 is 2.69 bits per heavy atom. The van der Waals surface area contributed by atoms with Crippen LogP contribution in [0, 0.1) is 0 Å². The highest BCUT2D eigenvalue weighted by Gasteiger charge is 2.08. The SMILES string of the molecule is CN(C)C(=O)c1cccc(C=O)n1. The molecule has 0 aliphatic heterocycles. The van der Waals surface area contributed by atoms with Crippen molar-refractivity contribution in [1.29, 1.82) is 0 Å². The summed E-state index contributed by atoms with van der Waals surface area (Å²) < 4.78 is 0. The molecule has 68 valence electrons. The Bertz CT molecular complexity index is 334. The van der Waals surface area contributed by atoms with E-state index in [0.717, 1.165) is 0 Å². The van der Waals surface area contributed by atoms with Crippen LogP contribution < -0.4 is 0 Å². The van der Waals surface area contributed by atoms with Crippen LogP contribution in [0.3, 0.4) is 0 Å². The number of rotatable bonds is 2. The Balaban J connectivity index is 3.01. The third-order valence-electron chi connectivity index (χ3n) is 1.52. The van der Waals surface area contributed by atoms with Gasteiger partial charge < -0.3 is 4.90 Å². The van der Waals surface area contributed by atoms with Crippen molar-refractivity contribution in [2.75, 3.05) is 14.1 Å². The fraction of sp³-hybridized carbons (Fsp3) is 0.222. The molecule has 13 heavy (non-hydrogen) atoms. The van der Waals surface area contributed by atoms with Gasteiger partial charge in [0.05, 0.1) is 0 Å². The number of hydrogen-bond acceptors (Lipinski definition) is 3. The van der Waals surface area contributed by atoms with Crippen molar-refractivity contribution in [2.24, 2.45) is 0 Å². The summed E-state index contributed by atoms with van der Waals surface area (Å²) in [6.45, 7) is 0. The molecule has 1 aromatic heterocycles. The zero-order chi connectivity index (χ0) is 9.84. The highest BCUT2D eigenvalue weighted by atomic mass is 16.2. The van der Waals surface area contributed by atoms with Gasteiger partial charge in [-0.25, -0.2) is 4.98 Å². The van der Waals surface area contributed by atoms with Crippen LogP contribution in [0.25, 0.3) is 0 Å². The van der Waals surface area contributed by atoms with Crippen LogP contribution in [0.4, 0.5) is 0 Å². The molecule has 0 aromatic carbocycles. The Morgan fingerprint density at radius 2 is 2.15 bits per heavy atom. The average molecular weight is 178 g/mol. The van der Waals surface area contributed by atoms with Crippen LogP contribution in [0.5, 0.6) is 0 Å². The molecule has 0 fully saturated rings. The van der Waals surface area contributed by atoms with E-state index >= 15 is 0 Å². The van der Waals surface area contributed by atoms with Crippen LogP contribution in [0.2, 0.25) is 0 Å². The smallest absolute Gasteiger partial charge is 0.271 e. The fourth-order valence-electron chi connectivity index (χ4n) is 0.865. The second-order valence-electron chi connectivity index (χ2n) is 2.77. The van der Waals surface area contributed by atoms with Gasteiger partial charge in [-0.15, -0.1) is 0 Å². The molecule has 0 atom stereocenters. The first-order valence-corrected chi connectivity index (χ1v) is 3.79. The summed E-state index contributed by atoms with van der Waals surface area (Å²) in [6, 6.07) is 4.77. The van der Waals surface area contributed by atoms with Crippen molar-refractivity contribution < 1.29 is 9.59 Å². The number of carbonyl (C=O) groups excluding carboxylic acids is 2. The molecule has 0 aliphatic rings. The molecule has 4 heteroatoms. The quantitative estimate of drug-likeness (QED) is 0.623. The van der Waals surface area contributed by atoms with Crippen molar-refractivity contribution in [1.82, 2.24) is 9.88 Å². The van der Waals surface area contributed by atoms with Gasteiger partial charge in [-0.1, -0.05) is 6.07 Å². The van der Waals surface area contributed by atoms with Crippen molar-refractivity contribution in [2.45, 2.75) is 0 Å². The van der Waals surface area contributed by atoms with E-state index < -0.39 is 0 Å². The maximum atomic E-state index is 11.4. The van der Waals surface area contributed by atoms with E-state index in [1.165, 1.54) is 4.90 Å². The standard InChI is InChI=1S/C9H10N2O2/c1-11(2)9(13)8-5-3-4-7(6-12)10-8/h3-6H,1-2H3. The average Bonchev–Trinajstić information content (AvgIpc) is 2.16. The van der Waals surface area contributed by atoms with Crippen molar-refractivity contribution in [3.05, 3.63) is 29.6 Å². The van der Waals surface area contributed by atoms with Crippen molar-refractivity contribution >= 4 is 12.2 Å². The summed E-state index contributed by atoms with van der Waals surface area (Å²) in [5.74, 6) is -0.205. The lowest BCUT2D eigenvalue weighted by Gasteiger charge is -2.08. The third kappa shape index (κ3) is 2.11. The molecule has 1 heterocycles. The molecule has 1 aromatic rings. The minimum atomic E-state index is -0.205. The molecule has 0 unspecified atom stereocenters. The summed E-state index contributed by atoms with van der Waals surface area (Å²) in [6.07, 6.45) is 0.617. The molecular formula is C9H10N2O2. The second-order valence-corrected chi connectivity index (χ2v) is 2.77. The van der Waals surface area contributed by atoms with Gasteiger partial charge in [-0.05, 0) is 12.1 Å². The Kier molecular flexibility index (Phi) is 2.74. The maximum absolute atomic E-state index is 11.4. The van der Waals surface area contributed by atoms with Gasteiger partial charge in [0.1, 0.15) is 11.4 Å². The number of aromatic nitrogens is 1. The number of amides is 1. The lowest BCUT2D eigenvalue weighted by Crippen LogP contribution is -2.22. The molecule has 0 aliphatic carbocycles. The highest BCUT2D eigenvalue weighted by Crippen LogP contribution is 1.99. The van der Waals surface area contributed by atoms with E-state index in [1.807, 2.05) is 0 Å². The largest absolute Gasteiger partial charge is 0.343 e. The highest BCUT2D eigenvalue weighted by molar-refractivity contribution is 5.92. The molecule has 0 saturated carbocycles. The van der Waals surface area contributed by atoms with E-state index in [0.29, 0.717) is 6.29 Å². The zero-order valence-electron chi connectivity index (χ0n) is 7.52. The molecule has 1 amide bonds. The summed E-state index contributed by atoms with van der Waals surface area (Å²) in [7, 11) is 3.27. The van der Waals surface area contributed by atoms with E-state index in [1.54, 1.807) is 32.3 Å². The van der Waals surface area contributed by atoms with Crippen molar-refractivity contribution in [3.8, 4) is 0 Å². The number of nitrogens with zero attached hydrogens (tertiary/aromatic N) is 2. The van der Waals surface area contributed by atoms with Crippen LogP contribution in [0.1, 0.15) is 21.0 Å². The van der Waals surface area contributed by atoms with Crippen LogP contribution >= 0.6 is 0 Å². The first kappa shape index (κ1) is 9.38. The van der Waals surface area contributed by atoms with Gasteiger partial charge in [0.2, 0.25) is 0 Å². The minimum absolute atomic E-state index is 0.205. The summed E-state index contributed by atoms with van der Waals surface area (Å²) in [5.41, 5.74) is 0.558. The molecule has 0 saturated heterocycles. The first-order chi connectivity index (χ1) is 6.15. The maximum Gasteiger partial charge on any atom is 0.271 e. The Hall–Kier alpha value is -1.71. The first-order valence-electron chi connectivity index (χ1n) is 3.79. The fourth-order valence-corrected chi connectivity index (χ4v) is 0.865. The molecule has 0 spiro atoms. The monoisotopic (exact) mass is 178 g/mol. The lowest BCUT2D eigenvalue weighted by molar-refractivity contribution is 0.0822. The number of carbonyl (C=O) groups is 2. The number of hydrogen-bond donors (Lipinski definition) is 0. The topological polar surface area (TPSA) is 50.3 Å².